The highest BCUT2D eigenvalue weighted by Crippen LogP contribution is 2.19. The van der Waals surface area contributed by atoms with E-state index in [4.69, 9.17) is 0 Å². The molecule has 2 amide bonds. The number of likely N-dealkylation sites (tertiary alicyclic amines) is 1. The molecule has 0 aromatic heterocycles. The molecule has 4 nitrogen and oxygen atoms in total. The van der Waals surface area contributed by atoms with Crippen LogP contribution in [0.25, 0.3) is 0 Å². The van der Waals surface area contributed by atoms with Crippen LogP contribution >= 0.6 is 11.8 Å². The van der Waals surface area contributed by atoms with Gasteiger partial charge in [-0.2, -0.15) is 0 Å². The molecule has 24 heavy (non-hydrogen) atoms. The number of nitrogens with one attached hydrogen (secondary N) is 2. The van der Waals surface area contributed by atoms with Gasteiger partial charge in [0, 0.05) is 22.8 Å². The number of benzene rings is 2. The van der Waals surface area contributed by atoms with E-state index >= 15 is 0 Å². The molecular weight excluding hydrogens is 318 g/mol. The molecule has 2 aromatic rings. The number of carbonyl (C=O) groups excluding carboxylic acids is 1. The number of amides is 2. The van der Waals surface area contributed by atoms with Crippen LogP contribution in [-0.4, -0.2) is 30.3 Å². The third-order valence-corrected chi connectivity index (χ3v) is 4.87. The number of hydrogen-bond acceptors (Lipinski definition) is 3. The second-order valence-corrected chi connectivity index (χ2v) is 6.87. The van der Waals surface area contributed by atoms with Crippen LogP contribution in [0.4, 0.5) is 16.2 Å². The average Bonchev–Trinajstić information content (AvgIpc) is 3.10. The Kier molecular flexibility index (Phi) is 5.77. The minimum absolute atomic E-state index is 0.222. The molecule has 3 rings (SSSR count). The maximum Gasteiger partial charge on any atom is 0.323 e. The van der Waals surface area contributed by atoms with E-state index in [1.54, 1.807) is 11.8 Å². The van der Waals surface area contributed by atoms with Crippen LogP contribution in [0, 0.1) is 0 Å². The lowest BCUT2D eigenvalue weighted by atomic mass is 10.2. The Morgan fingerprint density at radius 2 is 1.75 bits per heavy atom. The fraction of sp³-hybridized carbons (Fsp3) is 0.316. The third-order valence-electron chi connectivity index (χ3n) is 4.14. The Balaban J connectivity index is 1.53. The fourth-order valence-electron chi connectivity index (χ4n) is 2.89. The molecule has 2 aromatic carbocycles. The molecule has 0 unspecified atom stereocenters. The Morgan fingerprint density at radius 3 is 2.46 bits per heavy atom. The van der Waals surface area contributed by atoms with E-state index in [-0.39, 0.29) is 6.03 Å². The molecule has 1 aliphatic heterocycles. The molecule has 0 atom stereocenters. The molecule has 0 bridgehead atoms. The van der Waals surface area contributed by atoms with Crippen LogP contribution in [-0.2, 0) is 6.54 Å². The second-order valence-electron chi connectivity index (χ2n) is 5.99. The lowest BCUT2D eigenvalue weighted by Crippen LogP contribution is -2.20. The zero-order valence-electron chi connectivity index (χ0n) is 13.9. The van der Waals surface area contributed by atoms with Crippen molar-refractivity contribution in [3.63, 3.8) is 0 Å². The van der Waals surface area contributed by atoms with Gasteiger partial charge < -0.3 is 10.6 Å². The summed E-state index contributed by atoms with van der Waals surface area (Å²) >= 11 is 1.65. The molecule has 1 saturated heterocycles. The topological polar surface area (TPSA) is 44.4 Å². The Hall–Kier alpha value is -1.98. The summed E-state index contributed by atoms with van der Waals surface area (Å²) in [6, 6.07) is 15.7. The van der Waals surface area contributed by atoms with Crippen molar-refractivity contribution in [3.8, 4) is 0 Å². The molecule has 0 aliphatic carbocycles. The van der Waals surface area contributed by atoms with Crippen LogP contribution in [0.15, 0.2) is 53.4 Å². The van der Waals surface area contributed by atoms with E-state index in [0.717, 1.165) is 22.8 Å². The molecular formula is C19H23N3OS. The van der Waals surface area contributed by atoms with Crippen molar-refractivity contribution < 1.29 is 4.79 Å². The van der Waals surface area contributed by atoms with Crippen LogP contribution in [0.2, 0.25) is 0 Å². The molecule has 5 heteroatoms. The number of rotatable bonds is 5. The molecule has 0 saturated carbocycles. The zero-order valence-corrected chi connectivity index (χ0v) is 14.7. The summed E-state index contributed by atoms with van der Waals surface area (Å²) in [6.07, 6.45) is 4.62. The summed E-state index contributed by atoms with van der Waals surface area (Å²) in [7, 11) is 0. The summed E-state index contributed by atoms with van der Waals surface area (Å²) in [6.45, 7) is 3.38. The van der Waals surface area contributed by atoms with E-state index in [2.05, 4.69) is 27.7 Å². The summed E-state index contributed by atoms with van der Waals surface area (Å²) in [4.78, 5) is 15.7. The molecule has 1 heterocycles. The normalized spacial score (nSPS) is 14.5. The van der Waals surface area contributed by atoms with Crippen LogP contribution in [0.5, 0.6) is 0 Å². The maximum absolute atomic E-state index is 12.1. The highest BCUT2D eigenvalue weighted by Gasteiger charge is 2.11. The summed E-state index contributed by atoms with van der Waals surface area (Å²) in [5, 5.41) is 5.75. The first-order valence-corrected chi connectivity index (χ1v) is 9.49. The van der Waals surface area contributed by atoms with Gasteiger partial charge in [-0.05, 0) is 68.1 Å². The smallest absolute Gasteiger partial charge is 0.308 e. The van der Waals surface area contributed by atoms with Crippen molar-refractivity contribution >= 4 is 29.2 Å². The molecule has 0 radical (unpaired) electrons. The third kappa shape index (κ3) is 4.76. The van der Waals surface area contributed by atoms with Crippen molar-refractivity contribution in [2.75, 3.05) is 30.0 Å². The highest BCUT2D eigenvalue weighted by atomic mass is 32.2. The van der Waals surface area contributed by atoms with Gasteiger partial charge in [0.2, 0.25) is 0 Å². The zero-order chi connectivity index (χ0) is 16.8. The number of nitrogens with zero attached hydrogens (tertiary/aromatic N) is 1. The minimum atomic E-state index is -0.222. The van der Waals surface area contributed by atoms with Crippen molar-refractivity contribution in [2.45, 2.75) is 24.3 Å². The lowest BCUT2D eigenvalue weighted by Gasteiger charge is -2.15. The number of carbonyl (C=O) groups is 1. The molecule has 126 valence electrons. The van der Waals surface area contributed by atoms with Crippen LogP contribution < -0.4 is 10.6 Å². The molecule has 1 aliphatic rings. The van der Waals surface area contributed by atoms with Gasteiger partial charge in [0.1, 0.15) is 0 Å². The Labute approximate surface area is 147 Å². The van der Waals surface area contributed by atoms with Crippen molar-refractivity contribution in [2.24, 2.45) is 0 Å². The van der Waals surface area contributed by atoms with Gasteiger partial charge in [-0.25, -0.2) is 4.79 Å². The second kappa shape index (κ2) is 8.22. The van der Waals surface area contributed by atoms with Gasteiger partial charge in [0.25, 0.3) is 0 Å². The largest absolute Gasteiger partial charge is 0.323 e. The minimum Gasteiger partial charge on any atom is -0.308 e. The van der Waals surface area contributed by atoms with Crippen molar-refractivity contribution in [1.82, 2.24) is 4.90 Å². The number of urea groups is 1. The van der Waals surface area contributed by atoms with Crippen molar-refractivity contribution in [3.05, 3.63) is 54.1 Å². The predicted octanol–water partition coefficient (Wildman–Crippen LogP) is 4.65. The maximum atomic E-state index is 12.1. The van der Waals surface area contributed by atoms with E-state index in [1.807, 2.05) is 42.7 Å². The number of thioether (sulfide) groups is 1. The first kappa shape index (κ1) is 16.9. The van der Waals surface area contributed by atoms with E-state index in [9.17, 15) is 4.79 Å². The van der Waals surface area contributed by atoms with E-state index in [1.165, 1.54) is 31.5 Å². The summed E-state index contributed by atoms with van der Waals surface area (Å²) < 4.78 is 0. The van der Waals surface area contributed by atoms with Crippen LogP contribution in [0.1, 0.15) is 18.4 Å². The summed E-state index contributed by atoms with van der Waals surface area (Å²) in [5.74, 6) is 0. The highest BCUT2D eigenvalue weighted by molar-refractivity contribution is 7.98. The summed E-state index contributed by atoms with van der Waals surface area (Å²) in [5.41, 5.74) is 2.89. The van der Waals surface area contributed by atoms with Gasteiger partial charge >= 0.3 is 6.03 Å². The van der Waals surface area contributed by atoms with E-state index < -0.39 is 0 Å². The Bertz CT molecular complexity index is 681. The monoisotopic (exact) mass is 341 g/mol. The van der Waals surface area contributed by atoms with Gasteiger partial charge in [-0.1, -0.05) is 18.2 Å². The predicted molar refractivity (Wildman–Crippen MR) is 102 cm³/mol. The lowest BCUT2D eigenvalue weighted by molar-refractivity contribution is 0.262. The molecule has 0 spiro atoms. The van der Waals surface area contributed by atoms with Crippen molar-refractivity contribution in [1.29, 1.82) is 0 Å². The van der Waals surface area contributed by atoms with Gasteiger partial charge in [0.05, 0.1) is 0 Å². The standard InChI is InChI=1S/C19H23N3OS/c1-24-18-6-4-5-17(13-18)21-19(23)20-16-9-7-15(8-10-16)14-22-11-2-3-12-22/h4-10,13H,2-3,11-12,14H2,1H3,(H2,20,21,23). The molecule has 2 N–H and O–H groups in total. The average molecular weight is 341 g/mol. The number of hydrogen-bond donors (Lipinski definition) is 2. The van der Waals surface area contributed by atoms with E-state index in [0.29, 0.717) is 0 Å². The number of anilines is 2. The first-order valence-electron chi connectivity index (χ1n) is 8.26. The Morgan fingerprint density at radius 1 is 1.04 bits per heavy atom. The molecule has 1 fully saturated rings. The SMILES string of the molecule is CSc1cccc(NC(=O)Nc2ccc(CN3CCCC3)cc2)c1. The van der Waals surface area contributed by atoms with Gasteiger partial charge in [-0.15, -0.1) is 11.8 Å². The quantitative estimate of drug-likeness (QED) is 0.778. The first-order chi connectivity index (χ1) is 11.7. The van der Waals surface area contributed by atoms with Gasteiger partial charge in [0.15, 0.2) is 0 Å². The van der Waals surface area contributed by atoms with Gasteiger partial charge in [-0.3, -0.25) is 4.90 Å². The fourth-order valence-corrected chi connectivity index (χ4v) is 3.35. The van der Waals surface area contributed by atoms with Crippen LogP contribution in [0.3, 0.4) is 0 Å².